The monoisotopic (exact) mass is 523 g/mol. The summed E-state index contributed by atoms with van der Waals surface area (Å²) >= 11 is 0. The molecule has 200 valence electrons. The Kier molecular flexibility index (Phi) is 7.09. The van der Waals surface area contributed by atoms with E-state index >= 15 is 0 Å². The van der Waals surface area contributed by atoms with Crippen molar-refractivity contribution in [1.82, 2.24) is 14.8 Å². The molecule has 37 heavy (non-hydrogen) atoms. The van der Waals surface area contributed by atoms with Gasteiger partial charge in [-0.1, -0.05) is 19.8 Å². The number of amides is 2. The average Bonchev–Trinajstić information content (AvgIpc) is 3.55. The molecule has 1 aromatic heterocycles. The standard InChI is InChI=1S/C26H29F4N3O4/c1-4-5-13-6-15(13)20-11-32(12-26(2,3)30)25(37)21-23(35)22(34)17(10-33(20)21)24(36)31-9-16-18(28)7-14(27)8-19(16)29/h7-8,10,13,15,20,35H,4-6,9,11-12H2,1-3H3,(H,31,36)/t13-,15+,20-/m0/s1. The summed E-state index contributed by atoms with van der Waals surface area (Å²) in [5.74, 6) is -5.80. The van der Waals surface area contributed by atoms with Crippen LogP contribution < -0.4 is 10.7 Å². The van der Waals surface area contributed by atoms with Gasteiger partial charge in [0.1, 0.15) is 28.7 Å². The predicted octanol–water partition coefficient (Wildman–Crippen LogP) is 4.08. The maximum atomic E-state index is 14.5. The molecule has 1 fully saturated rings. The molecule has 0 bridgehead atoms. The Bertz CT molecular complexity index is 1280. The molecular weight excluding hydrogens is 494 g/mol. The molecule has 3 atom stereocenters. The maximum Gasteiger partial charge on any atom is 0.274 e. The lowest BCUT2D eigenvalue weighted by Gasteiger charge is -2.38. The Morgan fingerprint density at radius 1 is 1.19 bits per heavy atom. The fourth-order valence-electron chi connectivity index (χ4n) is 5.18. The zero-order valence-corrected chi connectivity index (χ0v) is 20.8. The minimum atomic E-state index is -1.71. The molecule has 0 radical (unpaired) electrons. The first kappa shape index (κ1) is 26.7. The molecule has 4 rings (SSSR count). The highest BCUT2D eigenvalue weighted by Crippen LogP contribution is 2.51. The molecule has 1 aromatic carbocycles. The van der Waals surface area contributed by atoms with Crippen molar-refractivity contribution in [2.75, 3.05) is 13.1 Å². The second-order valence-electron chi connectivity index (χ2n) is 10.4. The fourth-order valence-corrected chi connectivity index (χ4v) is 5.18. The number of hydrogen-bond acceptors (Lipinski definition) is 4. The molecule has 7 nitrogen and oxygen atoms in total. The zero-order chi connectivity index (χ0) is 27.2. The SMILES string of the molecule is CCC[C@H]1C[C@H]1[C@@H]1CN(CC(C)(C)F)C(=O)c2c(O)c(=O)c(C(=O)NCc3c(F)cc(F)cc3F)cn21. The van der Waals surface area contributed by atoms with E-state index in [0.717, 1.165) is 19.3 Å². The van der Waals surface area contributed by atoms with E-state index in [1.165, 1.54) is 29.5 Å². The summed E-state index contributed by atoms with van der Waals surface area (Å²) in [4.78, 5) is 40.2. The van der Waals surface area contributed by atoms with Crippen molar-refractivity contribution in [2.24, 2.45) is 11.8 Å². The quantitative estimate of drug-likeness (QED) is 0.510. The number of halogens is 4. The molecule has 2 aliphatic rings. The second-order valence-corrected chi connectivity index (χ2v) is 10.4. The van der Waals surface area contributed by atoms with E-state index < -0.39 is 69.8 Å². The molecule has 2 N–H and O–H groups in total. The number of fused-ring (bicyclic) bond motifs is 1. The van der Waals surface area contributed by atoms with Crippen molar-refractivity contribution in [3.05, 3.63) is 62.8 Å². The number of pyridine rings is 1. The molecular formula is C26H29F4N3O4. The maximum absolute atomic E-state index is 14.5. The van der Waals surface area contributed by atoms with Crippen LogP contribution in [0.5, 0.6) is 5.75 Å². The Hall–Kier alpha value is -3.37. The summed E-state index contributed by atoms with van der Waals surface area (Å²) in [6, 6.07) is 0.525. The van der Waals surface area contributed by atoms with Gasteiger partial charge in [0.15, 0.2) is 11.4 Å². The number of alkyl halides is 1. The van der Waals surface area contributed by atoms with Gasteiger partial charge in [-0.25, -0.2) is 17.6 Å². The Balaban J connectivity index is 1.69. The zero-order valence-electron chi connectivity index (χ0n) is 20.8. The van der Waals surface area contributed by atoms with Gasteiger partial charge in [0.2, 0.25) is 5.43 Å². The summed E-state index contributed by atoms with van der Waals surface area (Å²) in [6.45, 7) is 3.92. The minimum Gasteiger partial charge on any atom is -0.503 e. The number of nitrogens with one attached hydrogen (secondary N) is 1. The molecule has 11 heteroatoms. The third kappa shape index (κ3) is 5.35. The van der Waals surface area contributed by atoms with Crippen LogP contribution in [0.2, 0.25) is 0 Å². The number of aromatic hydroxyl groups is 1. The summed E-state index contributed by atoms with van der Waals surface area (Å²) in [5, 5.41) is 13.0. The van der Waals surface area contributed by atoms with E-state index in [4.69, 9.17) is 0 Å². The van der Waals surface area contributed by atoms with Crippen LogP contribution in [0.1, 0.15) is 72.5 Å². The largest absolute Gasteiger partial charge is 0.503 e. The molecule has 2 heterocycles. The molecule has 1 aliphatic heterocycles. The average molecular weight is 524 g/mol. The van der Waals surface area contributed by atoms with Crippen molar-refractivity contribution >= 4 is 11.8 Å². The predicted molar refractivity (Wildman–Crippen MR) is 126 cm³/mol. The van der Waals surface area contributed by atoms with E-state index in [0.29, 0.717) is 18.1 Å². The van der Waals surface area contributed by atoms with E-state index in [1.807, 2.05) is 6.92 Å². The Morgan fingerprint density at radius 3 is 2.43 bits per heavy atom. The van der Waals surface area contributed by atoms with Crippen LogP contribution in [-0.2, 0) is 6.54 Å². The normalized spacial score (nSPS) is 21.1. The van der Waals surface area contributed by atoms with Gasteiger partial charge in [0, 0.05) is 37.0 Å². The smallest absolute Gasteiger partial charge is 0.274 e. The molecule has 2 amide bonds. The van der Waals surface area contributed by atoms with Crippen LogP contribution in [0.4, 0.5) is 17.6 Å². The number of carbonyl (C=O) groups is 2. The molecule has 0 unspecified atom stereocenters. The van der Waals surface area contributed by atoms with Gasteiger partial charge in [0.25, 0.3) is 11.8 Å². The van der Waals surface area contributed by atoms with Gasteiger partial charge in [-0.15, -0.1) is 0 Å². The molecule has 0 saturated heterocycles. The highest BCUT2D eigenvalue weighted by atomic mass is 19.2. The Morgan fingerprint density at radius 2 is 1.84 bits per heavy atom. The first-order valence-electron chi connectivity index (χ1n) is 12.2. The van der Waals surface area contributed by atoms with E-state index in [2.05, 4.69) is 5.32 Å². The highest BCUT2D eigenvalue weighted by Gasteiger charge is 2.48. The van der Waals surface area contributed by atoms with E-state index in [1.54, 1.807) is 0 Å². The van der Waals surface area contributed by atoms with E-state index in [9.17, 15) is 37.1 Å². The van der Waals surface area contributed by atoms with Crippen LogP contribution in [0.25, 0.3) is 0 Å². The van der Waals surface area contributed by atoms with Crippen molar-refractivity contribution in [3.63, 3.8) is 0 Å². The van der Waals surface area contributed by atoms with Gasteiger partial charge in [-0.3, -0.25) is 14.4 Å². The van der Waals surface area contributed by atoms with Crippen LogP contribution in [0, 0.1) is 29.3 Å². The van der Waals surface area contributed by atoms with Gasteiger partial charge in [0.05, 0.1) is 12.6 Å². The summed E-state index contributed by atoms with van der Waals surface area (Å²) in [5.41, 5.74) is -4.29. The fraction of sp³-hybridized carbons (Fsp3) is 0.500. The Labute approximate surface area is 211 Å². The van der Waals surface area contributed by atoms with Crippen molar-refractivity contribution < 1.29 is 32.3 Å². The van der Waals surface area contributed by atoms with Gasteiger partial charge < -0.3 is 19.9 Å². The lowest BCUT2D eigenvalue weighted by Crippen LogP contribution is -2.49. The van der Waals surface area contributed by atoms with Crippen molar-refractivity contribution in [1.29, 1.82) is 0 Å². The lowest BCUT2D eigenvalue weighted by molar-refractivity contribution is 0.0497. The number of carbonyl (C=O) groups excluding carboxylic acids is 2. The minimum absolute atomic E-state index is 0.0947. The number of aromatic nitrogens is 1. The van der Waals surface area contributed by atoms with Crippen molar-refractivity contribution in [2.45, 2.75) is 58.3 Å². The van der Waals surface area contributed by atoms with E-state index in [-0.39, 0.29) is 24.7 Å². The van der Waals surface area contributed by atoms with Crippen LogP contribution >= 0.6 is 0 Å². The second kappa shape index (κ2) is 9.83. The number of nitrogens with zero attached hydrogens (tertiary/aromatic N) is 2. The third-order valence-corrected chi connectivity index (χ3v) is 6.94. The topological polar surface area (TPSA) is 91.6 Å². The summed E-state index contributed by atoms with van der Waals surface area (Å²) in [6.07, 6.45) is 3.90. The molecule has 0 spiro atoms. The lowest BCUT2D eigenvalue weighted by atomic mass is 10.0. The van der Waals surface area contributed by atoms with Crippen molar-refractivity contribution in [3.8, 4) is 5.75 Å². The van der Waals surface area contributed by atoms with Gasteiger partial charge in [-0.05, 0) is 32.1 Å². The van der Waals surface area contributed by atoms with Crippen LogP contribution in [-0.4, -0.2) is 45.1 Å². The number of rotatable bonds is 8. The highest BCUT2D eigenvalue weighted by molar-refractivity contribution is 5.99. The number of benzene rings is 1. The van der Waals surface area contributed by atoms with Gasteiger partial charge in [-0.2, -0.15) is 0 Å². The first-order chi connectivity index (χ1) is 17.3. The van der Waals surface area contributed by atoms with Gasteiger partial charge >= 0.3 is 0 Å². The first-order valence-corrected chi connectivity index (χ1v) is 12.2. The summed E-state index contributed by atoms with van der Waals surface area (Å²) in [7, 11) is 0. The molecule has 2 aromatic rings. The third-order valence-electron chi connectivity index (χ3n) is 6.94. The summed E-state index contributed by atoms with van der Waals surface area (Å²) < 4.78 is 57.0. The van der Waals surface area contributed by atoms with Crippen LogP contribution in [0.15, 0.2) is 23.1 Å². The van der Waals surface area contributed by atoms with Crippen LogP contribution in [0.3, 0.4) is 0 Å². The molecule has 1 aliphatic carbocycles. The number of hydrogen-bond donors (Lipinski definition) is 2. The molecule has 1 saturated carbocycles.